The van der Waals surface area contributed by atoms with Crippen LogP contribution in [0.5, 0.6) is 0 Å². The van der Waals surface area contributed by atoms with Crippen LogP contribution in [0.3, 0.4) is 0 Å². The van der Waals surface area contributed by atoms with E-state index in [1.165, 1.54) is 30.3 Å². The van der Waals surface area contributed by atoms with Crippen LogP contribution in [0.15, 0.2) is 60.1 Å². The van der Waals surface area contributed by atoms with Crippen molar-refractivity contribution < 1.29 is 47.8 Å². The summed E-state index contributed by atoms with van der Waals surface area (Å²) in [5.74, 6) is -2.70. The fourth-order valence-electron chi connectivity index (χ4n) is 4.45. The van der Waals surface area contributed by atoms with Crippen molar-refractivity contribution >= 4 is 28.1 Å². The van der Waals surface area contributed by atoms with E-state index in [4.69, 9.17) is 4.74 Å². The highest BCUT2D eigenvalue weighted by molar-refractivity contribution is 9.10. The maximum Gasteiger partial charge on any atom is 0.134 e. The molecule has 6 nitrogen and oxygen atoms in total. The summed E-state index contributed by atoms with van der Waals surface area (Å²) in [5, 5.41) is 50.1. The van der Waals surface area contributed by atoms with Crippen LogP contribution in [0.1, 0.15) is 28.4 Å². The van der Waals surface area contributed by atoms with Gasteiger partial charge in [0.15, 0.2) is 0 Å². The predicted molar refractivity (Wildman–Crippen MR) is 149 cm³/mol. The minimum atomic E-state index is -1.61. The first-order valence-electron chi connectivity index (χ1n) is 12.3. The molecule has 0 amide bonds. The predicted octanol–water partition coefficient (Wildman–Crippen LogP) is 4.83. The maximum atomic E-state index is 14.1. The fraction of sp³-hybridized carbons (Fsp3) is 0.267. The number of halogens is 5. The summed E-state index contributed by atoms with van der Waals surface area (Å²) in [6.07, 6.45) is -6.31. The fourth-order valence-corrected chi connectivity index (χ4v) is 4.85. The summed E-state index contributed by atoms with van der Waals surface area (Å²) in [6, 6.07) is 9.45. The van der Waals surface area contributed by atoms with E-state index in [0.29, 0.717) is 26.7 Å². The van der Waals surface area contributed by atoms with E-state index >= 15 is 0 Å². The molecule has 1 aliphatic rings. The molecular weight excluding hydrogens is 612 g/mol. The van der Waals surface area contributed by atoms with Crippen LogP contribution in [0.2, 0.25) is 0 Å². The highest BCUT2D eigenvalue weighted by atomic mass is 79.9. The van der Waals surface area contributed by atoms with Gasteiger partial charge in [-0.1, -0.05) is 59.4 Å². The Morgan fingerprint density at radius 3 is 1.80 bits per heavy atom. The van der Waals surface area contributed by atoms with Crippen LogP contribution in [0.25, 0.3) is 23.3 Å². The van der Waals surface area contributed by atoms with Crippen LogP contribution in [0, 0.1) is 30.2 Å². The minimum Gasteiger partial charge on any atom is -0.394 e. The summed E-state index contributed by atoms with van der Waals surface area (Å²) in [6.45, 7) is 7.73. The van der Waals surface area contributed by atoms with Crippen LogP contribution in [-0.2, 0) is 4.74 Å². The lowest BCUT2D eigenvalue weighted by Gasteiger charge is -2.42. The number of hydrogen-bond donors (Lipinski definition) is 5. The Morgan fingerprint density at radius 1 is 0.829 bits per heavy atom. The molecule has 0 bridgehead atoms. The summed E-state index contributed by atoms with van der Waals surface area (Å²) < 4.78 is 59.5. The molecule has 0 spiro atoms. The van der Waals surface area contributed by atoms with Gasteiger partial charge in [-0.2, -0.15) is 0 Å². The van der Waals surface area contributed by atoms with E-state index in [1.54, 1.807) is 19.1 Å². The van der Waals surface area contributed by atoms with Crippen molar-refractivity contribution in [2.24, 2.45) is 0 Å². The molecule has 220 valence electrons. The monoisotopic (exact) mass is 640 g/mol. The van der Waals surface area contributed by atoms with Crippen molar-refractivity contribution in [3.8, 4) is 11.1 Å². The zero-order valence-corrected chi connectivity index (χ0v) is 23.4. The molecule has 41 heavy (non-hydrogen) atoms. The Labute approximate surface area is 242 Å². The molecule has 1 fully saturated rings. The molecule has 6 atom stereocenters. The quantitative estimate of drug-likeness (QED) is 0.247. The third-order valence-electron chi connectivity index (χ3n) is 6.69. The van der Waals surface area contributed by atoms with Gasteiger partial charge in [0.1, 0.15) is 59.9 Å². The highest BCUT2D eigenvalue weighted by Gasteiger charge is 2.46. The Hall–Kier alpha value is -2.90. The second-order valence-corrected chi connectivity index (χ2v) is 10.3. The van der Waals surface area contributed by atoms with Gasteiger partial charge >= 0.3 is 0 Å². The Balaban J connectivity index is 0.000000352. The topological polar surface area (TPSA) is 110 Å². The number of aryl methyl sites for hydroxylation is 1. The van der Waals surface area contributed by atoms with Crippen LogP contribution >= 0.6 is 15.9 Å². The summed E-state index contributed by atoms with van der Waals surface area (Å²) in [4.78, 5) is 0. The van der Waals surface area contributed by atoms with Gasteiger partial charge in [0.25, 0.3) is 0 Å². The number of rotatable bonds is 6. The zero-order chi connectivity index (χ0) is 30.6. The molecule has 3 aromatic rings. The van der Waals surface area contributed by atoms with Gasteiger partial charge in [0, 0.05) is 15.6 Å². The second kappa shape index (κ2) is 13.8. The first kappa shape index (κ1) is 32.6. The van der Waals surface area contributed by atoms with Crippen LogP contribution in [0.4, 0.5) is 17.6 Å². The van der Waals surface area contributed by atoms with Crippen LogP contribution < -0.4 is 0 Å². The molecule has 0 aromatic heterocycles. The molecule has 3 aromatic carbocycles. The number of hydrogen-bond acceptors (Lipinski definition) is 6. The molecular formula is C30H29BrF4O6. The number of aliphatic hydroxyl groups is 5. The first-order valence-corrected chi connectivity index (χ1v) is 13.1. The molecule has 1 heterocycles. The van der Waals surface area contributed by atoms with Gasteiger partial charge < -0.3 is 30.3 Å². The average molecular weight is 641 g/mol. The third-order valence-corrected chi connectivity index (χ3v) is 7.15. The van der Waals surface area contributed by atoms with E-state index in [1.807, 2.05) is 0 Å². The largest absolute Gasteiger partial charge is 0.394 e. The highest BCUT2D eigenvalue weighted by Crippen LogP contribution is 2.34. The molecule has 0 saturated carbocycles. The van der Waals surface area contributed by atoms with E-state index in [-0.39, 0.29) is 11.1 Å². The van der Waals surface area contributed by atoms with Gasteiger partial charge in [-0.05, 0) is 53.4 Å². The molecule has 2 unspecified atom stereocenters. The zero-order valence-electron chi connectivity index (χ0n) is 21.8. The van der Waals surface area contributed by atoms with Crippen molar-refractivity contribution in [2.75, 3.05) is 6.61 Å². The van der Waals surface area contributed by atoms with Gasteiger partial charge in [-0.3, -0.25) is 0 Å². The second-order valence-electron chi connectivity index (χ2n) is 9.35. The molecule has 1 saturated heterocycles. The lowest BCUT2D eigenvalue weighted by atomic mass is 9.87. The summed E-state index contributed by atoms with van der Waals surface area (Å²) in [5.41, 5.74) is 1.40. The van der Waals surface area contributed by atoms with Gasteiger partial charge in [0.2, 0.25) is 0 Å². The van der Waals surface area contributed by atoms with Crippen LogP contribution in [-0.4, -0.2) is 62.7 Å². The van der Waals surface area contributed by atoms with Gasteiger partial charge in [0.05, 0.1) is 6.61 Å². The van der Waals surface area contributed by atoms with Gasteiger partial charge in [-0.25, -0.2) is 17.6 Å². The van der Waals surface area contributed by atoms with Gasteiger partial charge in [-0.15, -0.1) is 0 Å². The number of ether oxygens (including phenoxy) is 1. The third kappa shape index (κ3) is 7.12. The lowest BCUT2D eigenvalue weighted by molar-refractivity contribution is -0.250. The summed E-state index contributed by atoms with van der Waals surface area (Å²) >= 11 is 2.96. The molecule has 5 N–H and O–H groups in total. The molecule has 0 radical (unpaired) electrons. The van der Waals surface area contributed by atoms with Crippen molar-refractivity contribution in [1.29, 1.82) is 0 Å². The number of benzene rings is 3. The Bertz CT molecular complexity index is 1370. The molecule has 11 heteroatoms. The van der Waals surface area contributed by atoms with Crippen molar-refractivity contribution in [1.82, 2.24) is 0 Å². The number of aliphatic hydroxyl groups excluding tert-OH is 5. The first-order chi connectivity index (χ1) is 19.3. The molecule has 4 rings (SSSR count). The van der Waals surface area contributed by atoms with E-state index < -0.39 is 66.5 Å². The smallest absolute Gasteiger partial charge is 0.134 e. The average Bonchev–Trinajstić information content (AvgIpc) is 2.91. The van der Waals surface area contributed by atoms with Crippen molar-refractivity contribution in [3.05, 3.63) is 106 Å². The van der Waals surface area contributed by atoms with Crippen molar-refractivity contribution in [3.63, 3.8) is 0 Å². The van der Waals surface area contributed by atoms with E-state index in [9.17, 15) is 43.1 Å². The van der Waals surface area contributed by atoms with E-state index in [0.717, 1.165) is 12.2 Å². The standard InChI is InChI=1S/C22H24F2O6.C8H5BrF2/c1-3-13-15(23)7-12(8-16(13)24)11-4-5-14(10(2)6-11)18(26)22-21(29)20(28)19(27)17(9-25)30-22;1-2-6-7(10)3-5(9)4-8(6)11/h3-8,17-22,25-29H,1,9H2,2H3;2-4H,1H2/t17?,18-,19-,20+,21?,22-;/m1./s1. The lowest BCUT2D eigenvalue weighted by Crippen LogP contribution is -2.59. The van der Waals surface area contributed by atoms with E-state index in [2.05, 4.69) is 29.1 Å². The molecule has 0 aliphatic carbocycles. The normalized spacial score (nSPS) is 22.9. The minimum absolute atomic E-state index is 0.0896. The van der Waals surface area contributed by atoms with Crippen molar-refractivity contribution in [2.45, 2.75) is 43.5 Å². The Kier molecular flexibility index (Phi) is 11.0. The molecule has 1 aliphatic heterocycles. The SMILES string of the molecule is C=Cc1c(F)cc(-c2ccc([C@@H](O)[C@H]3OC(CO)[C@@H](O)[C@H](O)C3O)c(C)c2)cc1F.C=Cc1c(F)cc(Br)cc1F. The Morgan fingerprint density at radius 2 is 1.34 bits per heavy atom. The maximum absolute atomic E-state index is 14.1. The summed E-state index contributed by atoms with van der Waals surface area (Å²) in [7, 11) is 0.